The first kappa shape index (κ1) is 13.5. The average Bonchev–Trinajstić information content (AvgIpc) is 2.86. The average molecular weight is 252 g/mol. The molecular weight excluding hydrogens is 228 g/mol. The van der Waals surface area contributed by atoms with Gasteiger partial charge in [-0.3, -0.25) is 14.5 Å². The van der Waals surface area contributed by atoms with E-state index >= 15 is 0 Å². The molecule has 1 saturated carbocycles. The molecule has 0 radical (unpaired) electrons. The quantitative estimate of drug-likeness (QED) is 0.750. The lowest BCUT2D eigenvalue weighted by Gasteiger charge is -2.21. The molecular formula is C14H24N2O2. The van der Waals surface area contributed by atoms with E-state index in [1.54, 1.807) is 0 Å². The van der Waals surface area contributed by atoms with Crippen molar-refractivity contribution in [2.24, 2.45) is 23.7 Å². The first-order chi connectivity index (χ1) is 8.58. The van der Waals surface area contributed by atoms with E-state index < -0.39 is 0 Å². The number of hydrogen-bond acceptors (Lipinski definition) is 3. The fraction of sp³-hybridized carbons (Fsp3) is 0.857. The van der Waals surface area contributed by atoms with E-state index in [2.05, 4.69) is 19.2 Å². The number of imide groups is 1. The van der Waals surface area contributed by atoms with Crippen molar-refractivity contribution in [1.82, 2.24) is 10.2 Å². The molecule has 1 aliphatic carbocycles. The topological polar surface area (TPSA) is 49.4 Å². The molecule has 4 heteroatoms. The second-order valence-electron chi connectivity index (χ2n) is 5.91. The summed E-state index contributed by atoms with van der Waals surface area (Å²) >= 11 is 0. The van der Waals surface area contributed by atoms with Crippen molar-refractivity contribution in [2.45, 2.75) is 33.1 Å². The summed E-state index contributed by atoms with van der Waals surface area (Å²) in [6.07, 6.45) is 2.93. The number of nitrogens with zero attached hydrogens (tertiary/aromatic N) is 1. The zero-order chi connectivity index (χ0) is 13.3. The van der Waals surface area contributed by atoms with Crippen LogP contribution >= 0.6 is 0 Å². The SMILES string of the molecule is CCC1CC2C(=O)N(CC(C)CNC)C(=O)C2C1. The van der Waals surface area contributed by atoms with E-state index in [-0.39, 0.29) is 23.7 Å². The Morgan fingerprint density at radius 3 is 2.28 bits per heavy atom. The van der Waals surface area contributed by atoms with Gasteiger partial charge in [0.2, 0.25) is 11.8 Å². The highest BCUT2D eigenvalue weighted by Gasteiger charge is 2.52. The predicted octanol–water partition coefficient (Wildman–Crippen LogP) is 1.26. The third-order valence-corrected chi connectivity index (χ3v) is 4.45. The maximum atomic E-state index is 12.3. The van der Waals surface area contributed by atoms with Crippen LogP contribution in [0.15, 0.2) is 0 Å². The zero-order valence-corrected chi connectivity index (χ0v) is 11.6. The molecule has 1 N–H and O–H groups in total. The Morgan fingerprint density at radius 2 is 1.83 bits per heavy atom. The summed E-state index contributed by atoms with van der Waals surface area (Å²) in [6.45, 7) is 5.62. The Hall–Kier alpha value is -0.900. The van der Waals surface area contributed by atoms with Gasteiger partial charge >= 0.3 is 0 Å². The third kappa shape index (κ3) is 2.30. The Morgan fingerprint density at radius 1 is 1.28 bits per heavy atom. The zero-order valence-electron chi connectivity index (χ0n) is 11.6. The molecule has 1 heterocycles. The van der Waals surface area contributed by atoms with Crippen LogP contribution in [0.1, 0.15) is 33.1 Å². The number of carbonyl (C=O) groups is 2. The number of hydrogen-bond donors (Lipinski definition) is 1. The van der Waals surface area contributed by atoms with Crippen molar-refractivity contribution in [3.63, 3.8) is 0 Å². The summed E-state index contributed by atoms with van der Waals surface area (Å²) in [7, 11) is 1.89. The highest BCUT2D eigenvalue weighted by Crippen LogP contribution is 2.44. The number of fused-ring (bicyclic) bond motifs is 1. The molecule has 1 aliphatic heterocycles. The first-order valence-corrected chi connectivity index (χ1v) is 7.08. The molecule has 2 aliphatic rings. The summed E-state index contributed by atoms with van der Waals surface area (Å²) in [5, 5.41) is 3.09. The Balaban J connectivity index is 2.00. The lowest BCUT2D eigenvalue weighted by Crippen LogP contribution is -2.38. The maximum Gasteiger partial charge on any atom is 0.233 e. The van der Waals surface area contributed by atoms with Crippen LogP contribution in [-0.4, -0.2) is 36.9 Å². The van der Waals surface area contributed by atoms with E-state index in [9.17, 15) is 9.59 Å². The van der Waals surface area contributed by atoms with Crippen LogP contribution < -0.4 is 5.32 Å². The van der Waals surface area contributed by atoms with Gasteiger partial charge in [-0.25, -0.2) is 0 Å². The minimum atomic E-state index is -0.00997. The number of amides is 2. The number of nitrogens with one attached hydrogen (secondary N) is 1. The van der Waals surface area contributed by atoms with Crippen molar-refractivity contribution in [2.75, 3.05) is 20.1 Å². The number of likely N-dealkylation sites (tertiary alicyclic amines) is 1. The van der Waals surface area contributed by atoms with Crippen LogP contribution in [0.5, 0.6) is 0 Å². The summed E-state index contributed by atoms with van der Waals surface area (Å²) in [6, 6.07) is 0. The fourth-order valence-electron chi connectivity index (χ4n) is 3.44. The highest BCUT2D eigenvalue weighted by molar-refractivity contribution is 6.05. The second-order valence-corrected chi connectivity index (χ2v) is 5.91. The minimum absolute atomic E-state index is 0.00997. The lowest BCUT2D eigenvalue weighted by molar-refractivity contribution is -0.141. The molecule has 3 unspecified atom stereocenters. The van der Waals surface area contributed by atoms with Gasteiger partial charge in [-0.2, -0.15) is 0 Å². The van der Waals surface area contributed by atoms with E-state index in [0.717, 1.165) is 25.8 Å². The van der Waals surface area contributed by atoms with Crippen molar-refractivity contribution < 1.29 is 9.59 Å². The molecule has 4 nitrogen and oxygen atoms in total. The van der Waals surface area contributed by atoms with E-state index in [1.165, 1.54) is 4.90 Å². The molecule has 0 aromatic rings. The summed E-state index contributed by atoms with van der Waals surface area (Å²) in [4.78, 5) is 26.1. The fourth-order valence-corrected chi connectivity index (χ4v) is 3.44. The van der Waals surface area contributed by atoms with Crippen molar-refractivity contribution in [3.8, 4) is 0 Å². The van der Waals surface area contributed by atoms with Crippen molar-refractivity contribution in [3.05, 3.63) is 0 Å². The van der Waals surface area contributed by atoms with Crippen LogP contribution in [-0.2, 0) is 9.59 Å². The van der Waals surface area contributed by atoms with Gasteiger partial charge in [0.25, 0.3) is 0 Å². The largest absolute Gasteiger partial charge is 0.319 e. The van der Waals surface area contributed by atoms with Gasteiger partial charge in [-0.1, -0.05) is 20.3 Å². The highest BCUT2D eigenvalue weighted by atomic mass is 16.2. The summed E-state index contributed by atoms with van der Waals surface area (Å²) < 4.78 is 0. The summed E-state index contributed by atoms with van der Waals surface area (Å²) in [5.74, 6) is 1.05. The van der Waals surface area contributed by atoms with E-state index in [4.69, 9.17) is 0 Å². The van der Waals surface area contributed by atoms with Gasteiger partial charge in [-0.05, 0) is 38.3 Å². The molecule has 1 saturated heterocycles. The molecule has 2 rings (SSSR count). The van der Waals surface area contributed by atoms with Gasteiger partial charge < -0.3 is 5.32 Å². The Labute approximate surface area is 109 Å². The van der Waals surface area contributed by atoms with Crippen LogP contribution in [0.25, 0.3) is 0 Å². The molecule has 2 fully saturated rings. The molecule has 0 aromatic heterocycles. The molecule has 102 valence electrons. The van der Waals surface area contributed by atoms with Crippen LogP contribution in [0.4, 0.5) is 0 Å². The number of carbonyl (C=O) groups excluding carboxylic acids is 2. The van der Waals surface area contributed by atoms with Crippen LogP contribution in [0, 0.1) is 23.7 Å². The monoisotopic (exact) mass is 252 g/mol. The molecule has 3 atom stereocenters. The molecule has 18 heavy (non-hydrogen) atoms. The van der Waals surface area contributed by atoms with E-state index in [0.29, 0.717) is 18.4 Å². The van der Waals surface area contributed by atoms with Crippen LogP contribution in [0.2, 0.25) is 0 Å². The minimum Gasteiger partial charge on any atom is -0.319 e. The lowest BCUT2D eigenvalue weighted by atomic mass is 10.00. The molecule has 0 aromatic carbocycles. The Kier molecular flexibility index (Phi) is 4.05. The van der Waals surface area contributed by atoms with Crippen LogP contribution in [0.3, 0.4) is 0 Å². The number of rotatable bonds is 5. The summed E-state index contributed by atoms with van der Waals surface area (Å²) in [5.41, 5.74) is 0. The standard InChI is InChI=1S/C14H24N2O2/c1-4-10-5-11-12(6-10)14(18)16(13(11)17)8-9(2)7-15-3/h9-12,15H,4-8H2,1-3H3. The molecule has 2 amide bonds. The smallest absolute Gasteiger partial charge is 0.233 e. The third-order valence-electron chi connectivity index (χ3n) is 4.45. The maximum absolute atomic E-state index is 12.3. The predicted molar refractivity (Wildman–Crippen MR) is 69.8 cm³/mol. The van der Waals surface area contributed by atoms with Gasteiger partial charge in [0, 0.05) is 6.54 Å². The second kappa shape index (κ2) is 5.39. The van der Waals surface area contributed by atoms with Gasteiger partial charge in [-0.15, -0.1) is 0 Å². The molecule has 0 bridgehead atoms. The van der Waals surface area contributed by atoms with Gasteiger partial charge in [0.05, 0.1) is 11.8 Å². The van der Waals surface area contributed by atoms with Gasteiger partial charge in [0.1, 0.15) is 0 Å². The van der Waals surface area contributed by atoms with Crippen molar-refractivity contribution in [1.29, 1.82) is 0 Å². The normalized spacial score (nSPS) is 33.1. The Bertz CT molecular complexity index is 319. The molecule has 0 spiro atoms. The van der Waals surface area contributed by atoms with Crippen molar-refractivity contribution >= 4 is 11.8 Å². The van der Waals surface area contributed by atoms with Gasteiger partial charge in [0.15, 0.2) is 0 Å². The first-order valence-electron chi connectivity index (χ1n) is 7.08. The van der Waals surface area contributed by atoms with E-state index in [1.807, 2.05) is 7.05 Å².